The Morgan fingerprint density at radius 2 is 1.73 bits per heavy atom. The fourth-order valence-electron chi connectivity index (χ4n) is 4.32. The van der Waals surface area contributed by atoms with Gasteiger partial charge >= 0.3 is 11.9 Å². The summed E-state index contributed by atoms with van der Waals surface area (Å²) in [5.74, 6) is -1.12. The number of pyridine rings is 1. The number of rotatable bonds is 13. The van der Waals surface area contributed by atoms with Gasteiger partial charge in [0.05, 0.1) is 18.6 Å². The number of nitrogen functional groups attached to an aromatic ring is 2. The van der Waals surface area contributed by atoms with Crippen LogP contribution in [0.4, 0.5) is 17.5 Å². The lowest BCUT2D eigenvalue weighted by Crippen LogP contribution is -2.42. The van der Waals surface area contributed by atoms with Crippen LogP contribution in [0.25, 0.3) is 11.0 Å². The number of nitrogens with zero attached hydrogens (tertiary/aromatic N) is 4. The molecular weight excluding hydrogens is 514 g/mol. The van der Waals surface area contributed by atoms with Gasteiger partial charge in [-0.15, -0.1) is 0 Å². The first-order valence-electron chi connectivity index (χ1n) is 13.3. The number of nitrogens with one attached hydrogen (secondary N) is 1. The second-order valence-electron chi connectivity index (χ2n) is 9.16. The molecule has 0 unspecified atom stereocenters. The Morgan fingerprint density at radius 3 is 2.38 bits per heavy atom. The van der Waals surface area contributed by atoms with Crippen molar-refractivity contribution in [3.05, 3.63) is 47.2 Å². The number of benzene rings is 1. The Bertz CT molecular complexity index is 1350. The second kappa shape index (κ2) is 14.1. The van der Waals surface area contributed by atoms with Crippen LogP contribution in [0.2, 0.25) is 0 Å². The summed E-state index contributed by atoms with van der Waals surface area (Å²) >= 11 is 0. The summed E-state index contributed by atoms with van der Waals surface area (Å²) in [4.78, 5) is 52.0. The van der Waals surface area contributed by atoms with Crippen molar-refractivity contribution in [2.24, 2.45) is 0 Å². The van der Waals surface area contributed by atoms with Gasteiger partial charge in [-0.3, -0.25) is 9.59 Å². The van der Waals surface area contributed by atoms with Gasteiger partial charge in [0.1, 0.15) is 11.9 Å². The van der Waals surface area contributed by atoms with E-state index in [0.29, 0.717) is 23.1 Å². The first kappa shape index (κ1) is 30.1. The van der Waals surface area contributed by atoms with E-state index in [1.54, 1.807) is 32.2 Å². The fraction of sp³-hybridized carbons (Fsp3) is 0.429. The number of aromatic nitrogens is 3. The number of hydrogen-bond donors (Lipinski definition) is 3. The number of anilines is 3. The zero-order valence-corrected chi connectivity index (χ0v) is 23.4. The molecule has 1 aromatic carbocycles. The van der Waals surface area contributed by atoms with Crippen LogP contribution in [0.15, 0.2) is 30.5 Å². The number of ether oxygens (including phenoxy) is 2. The van der Waals surface area contributed by atoms with Gasteiger partial charge in [-0.05, 0) is 69.0 Å². The number of fused-ring (bicyclic) bond motifs is 1. The molecule has 1 amide bonds. The number of hydrogen-bond acceptors (Lipinski definition) is 11. The van der Waals surface area contributed by atoms with Crippen molar-refractivity contribution >= 4 is 46.3 Å². The van der Waals surface area contributed by atoms with Crippen molar-refractivity contribution < 1.29 is 23.9 Å². The van der Waals surface area contributed by atoms with E-state index in [2.05, 4.69) is 32.1 Å². The van der Waals surface area contributed by atoms with E-state index in [9.17, 15) is 14.4 Å². The Balaban J connectivity index is 1.76. The number of nitrogens with two attached hydrogens (primary N) is 2. The number of aryl methyl sites for hydroxylation is 1. The third-order valence-corrected chi connectivity index (χ3v) is 6.30. The lowest BCUT2D eigenvalue weighted by molar-refractivity contribution is -0.146. The third-order valence-electron chi connectivity index (χ3n) is 6.30. The highest BCUT2D eigenvalue weighted by Gasteiger charge is 2.24. The smallest absolute Gasteiger partial charge is 0.328 e. The molecule has 0 radical (unpaired) electrons. The predicted octanol–water partition coefficient (Wildman–Crippen LogP) is 2.92. The fourth-order valence-corrected chi connectivity index (χ4v) is 4.32. The highest BCUT2D eigenvalue weighted by atomic mass is 16.5. The highest BCUT2D eigenvalue weighted by Crippen LogP contribution is 2.26. The summed E-state index contributed by atoms with van der Waals surface area (Å²) in [7, 11) is 0. The molecule has 0 saturated carbocycles. The molecule has 0 aliphatic heterocycles. The molecule has 40 heavy (non-hydrogen) atoms. The Hall–Kier alpha value is -4.48. The van der Waals surface area contributed by atoms with Crippen LogP contribution in [-0.2, 0) is 25.6 Å². The maximum absolute atomic E-state index is 13.0. The summed E-state index contributed by atoms with van der Waals surface area (Å²) < 4.78 is 10.0. The van der Waals surface area contributed by atoms with Gasteiger partial charge in [-0.2, -0.15) is 9.97 Å². The van der Waals surface area contributed by atoms with Gasteiger partial charge in [0, 0.05) is 37.0 Å². The average Bonchev–Trinajstić information content (AvgIpc) is 2.92. The van der Waals surface area contributed by atoms with E-state index in [1.165, 1.54) is 0 Å². The summed E-state index contributed by atoms with van der Waals surface area (Å²) in [5, 5.41) is 3.36. The van der Waals surface area contributed by atoms with E-state index in [0.717, 1.165) is 29.8 Å². The summed E-state index contributed by atoms with van der Waals surface area (Å²) in [6.45, 7) is 9.13. The molecule has 2 aromatic heterocycles. The van der Waals surface area contributed by atoms with E-state index < -0.39 is 23.9 Å². The van der Waals surface area contributed by atoms with Crippen LogP contribution in [0.1, 0.15) is 61.5 Å². The molecular formula is C28H37N7O5. The maximum Gasteiger partial charge on any atom is 0.328 e. The molecule has 0 aliphatic rings. The number of esters is 2. The predicted molar refractivity (Wildman–Crippen MR) is 152 cm³/mol. The van der Waals surface area contributed by atoms with Crippen molar-refractivity contribution in [1.82, 2.24) is 20.3 Å². The average molecular weight is 552 g/mol. The van der Waals surface area contributed by atoms with Gasteiger partial charge in [-0.1, -0.05) is 6.92 Å². The minimum atomic E-state index is -0.969. The normalized spacial score (nSPS) is 11.6. The molecule has 0 bridgehead atoms. The first-order valence-corrected chi connectivity index (χ1v) is 13.3. The minimum absolute atomic E-state index is 0.0171. The lowest BCUT2D eigenvalue weighted by Gasteiger charge is -2.26. The number of carbonyl (C=O) groups is 3. The molecule has 5 N–H and O–H groups in total. The monoisotopic (exact) mass is 551 g/mol. The molecule has 0 fully saturated rings. The highest BCUT2D eigenvalue weighted by molar-refractivity contribution is 5.97. The van der Waals surface area contributed by atoms with Crippen LogP contribution < -0.4 is 21.7 Å². The van der Waals surface area contributed by atoms with Gasteiger partial charge in [0.2, 0.25) is 5.95 Å². The largest absolute Gasteiger partial charge is 0.466 e. The molecule has 12 heteroatoms. The number of amides is 1. The van der Waals surface area contributed by atoms with Crippen LogP contribution in [0.3, 0.4) is 0 Å². The summed E-state index contributed by atoms with van der Waals surface area (Å²) in [6, 6.07) is 6.13. The zero-order chi connectivity index (χ0) is 29.2. The van der Waals surface area contributed by atoms with Gasteiger partial charge < -0.3 is 31.2 Å². The van der Waals surface area contributed by atoms with Crippen molar-refractivity contribution in [2.75, 3.05) is 36.1 Å². The number of carbonyl (C=O) groups excluding carboxylic acids is 3. The SMILES string of the molecule is CCCN(Cc1cnc2nc(N)nc(N)c2c1C)c1ccc(C(=O)N[C@@H](CCC(=O)OCC)C(=O)OCC)cc1. The van der Waals surface area contributed by atoms with Crippen molar-refractivity contribution in [2.45, 2.75) is 59.5 Å². The van der Waals surface area contributed by atoms with Crippen molar-refractivity contribution in [1.29, 1.82) is 0 Å². The second-order valence-corrected chi connectivity index (χ2v) is 9.16. The van der Waals surface area contributed by atoms with Crippen LogP contribution >= 0.6 is 0 Å². The standard InChI is InChI=1S/C28H37N7O5/c1-5-14-35(16-19-15-31-25-23(17(19)4)24(29)33-28(30)34-25)20-10-8-18(9-11-20)26(37)32-21(27(38)40-7-3)12-13-22(36)39-6-2/h8-11,15,21H,5-7,12-14,16H2,1-4H3,(H,32,37)(H4,29,30,31,33,34)/t21-/m0/s1. The molecule has 0 spiro atoms. The molecule has 3 rings (SSSR count). The quantitative estimate of drug-likeness (QED) is 0.266. The van der Waals surface area contributed by atoms with E-state index in [-0.39, 0.29) is 37.8 Å². The van der Waals surface area contributed by atoms with Crippen LogP contribution in [-0.4, -0.2) is 58.6 Å². The molecule has 0 saturated heterocycles. The molecule has 214 valence electrons. The molecule has 0 aliphatic carbocycles. The van der Waals surface area contributed by atoms with Crippen molar-refractivity contribution in [3.8, 4) is 0 Å². The minimum Gasteiger partial charge on any atom is -0.466 e. The molecule has 3 aromatic rings. The molecule has 12 nitrogen and oxygen atoms in total. The Morgan fingerprint density at radius 1 is 1.02 bits per heavy atom. The topological polar surface area (TPSA) is 176 Å². The summed E-state index contributed by atoms with van der Waals surface area (Å²) in [5.41, 5.74) is 15.4. The summed E-state index contributed by atoms with van der Waals surface area (Å²) in [6.07, 6.45) is 2.72. The first-order chi connectivity index (χ1) is 19.2. The zero-order valence-electron chi connectivity index (χ0n) is 23.4. The van der Waals surface area contributed by atoms with E-state index >= 15 is 0 Å². The Kier molecular flexibility index (Phi) is 10.6. The third kappa shape index (κ3) is 7.55. The van der Waals surface area contributed by atoms with Crippen LogP contribution in [0, 0.1) is 6.92 Å². The van der Waals surface area contributed by atoms with Crippen molar-refractivity contribution in [3.63, 3.8) is 0 Å². The molecule has 2 heterocycles. The van der Waals surface area contributed by atoms with E-state index in [4.69, 9.17) is 20.9 Å². The van der Waals surface area contributed by atoms with E-state index in [1.807, 2.05) is 19.1 Å². The molecule has 1 atom stereocenters. The van der Waals surface area contributed by atoms with Gasteiger partial charge in [-0.25, -0.2) is 9.78 Å². The van der Waals surface area contributed by atoms with Gasteiger partial charge in [0.15, 0.2) is 5.65 Å². The maximum atomic E-state index is 13.0. The van der Waals surface area contributed by atoms with Gasteiger partial charge in [0.25, 0.3) is 5.91 Å². The lowest BCUT2D eigenvalue weighted by atomic mass is 10.1. The Labute approximate surface area is 233 Å². The van der Waals surface area contributed by atoms with Crippen LogP contribution in [0.5, 0.6) is 0 Å².